The highest BCUT2D eigenvalue weighted by Gasteiger charge is 2.55. The molecule has 0 radical (unpaired) electrons. The number of hydrogen-bond acceptors (Lipinski definition) is 5. The van der Waals surface area contributed by atoms with Crippen molar-refractivity contribution < 1.29 is 5.11 Å². The van der Waals surface area contributed by atoms with E-state index in [-0.39, 0.29) is 17.4 Å². The van der Waals surface area contributed by atoms with Gasteiger partial charge in [0.1, 0.15) is 0 Å². The molecule has 2 aliphatic heterocycles. The summed E-state index contributed by atoms with van der Waals surface area (Å²) in [6.07, 6.45) is 9.47. The zero-order chi connectivity index (χ0) is 21.5. The third-order valence-corrected chi connectivity index (χ3v) is 8.99. The first-order valence-corrected chi connectivity index (χ1v) is 12.6. The lowest BCUT2D eigenvalue weighted by Gasteiger charge is -2.51. The van der Waals surface area contributed by atoms with Gasteiger partial charge in [-0.05, 0) is 96.0 Å². The Balaban J connectivity index is 1.35. The Morgan fingerprint density at radius 1 is 0.935 bits per heavy atom. The molecule has 1 aromatic rings. The molecule has 5 rings (SSSR count). The fourth-order valence-electron chi connectivity index (χ4n) is 6.73. The third-order valence-electron chi connectivity index (χ3n) is 8.99. The second-order valence-corrected chi connectivity index (χ2v) is 11.1. The van der Waals surface area contributed by atoms with E-state index in [1.807, 2.05) is 0 Å². The van der Waals surface area contributed by atoms with Crippen molar-refractivity contribution in [3.05, 3.63) is 35.9 Å². The SMILES string of the molecule is CN(C)C1(c2ccccc2)CCC2(CC1)CN(CC1CCNCC1)C(O)N2CC1CC1. The Bertz CT molecular complexity index is 720. The second kappa shape index (κ2) is 8.75. The number of hydrogen-bond donors (Lipinski definition) is 2. The first-order valence-electron chi connectivity index (χ1n) is 12.6. The van der Waals surface area contributed by atoms with Crippen LogP contribution in [-0.4, -0.2) is 78.5 Å². The van der Waals surface area contributed by atoms with Gasteiger partial charge in [-0.1, -0.05) is 30.3 Å². The topological polar surface area (TPSA) is 42.0 Å². The molecule has 1 atom stereocenters. The average Bonchev–Trinajstić information content (AvgIpc) is 3.59. The van der Waals surface area contributed by atoms with Crippen LogP contribution in [0.3, 0.4) is 0 Å². The van der Waals surface area contributed by atoms with Gasteiger partial charge in [-0.15, -0.1) is 0 Å². The van der Waals surface area contributed by atoms with Crippen molar-refractivity contribution in [1.82, 2.24) is 20.0 Å². The molecule has 0 bridgehead atoms. The van der Waals surface area contributed by atoms with Crippen molar-refractivity contribution in [3.63, 3.8) is 0 Å². The van der Waals surface area contributed by atoms with Gasteiger partial charge in [-0.3, -0.25) is 14.7 Å². The van der Waals surface area contributed by atoms with Crippen molar-refractivity contribution in [2.45, 2.75) is 68.8 Å². The fourth-order valence-corrected chi connectivity index (χ4v) is 6.73. The molecule has 172 valence electrons. The van der Waals surface area contributed by atoms with Crippen LogP contribution in [0.4, 0.5) is 0 Å². The van der Waals surface area contributed by atoms with E-state index in [1.54, 1.807) is 0 Å². The maximum atomic E-state index is 11.5. The molecule has 0 aromatic heterocycles. The van der Waals surface area contributed by atoms with Gasteiger partial charge in [-0.25, -0.2) is 0 Å². The van der Waals surface area contributed by atoms with Crippen molar-refractivity contribution in [3.8, 4) is 0 Å². The van der Waals surface area contributed by atoms with E-state index in [1.165, 1.54) is 56.9 Å². The molecule has 4 fully saturated rings. The number of nitrogens with one attached hydrogen (secondary N) is 1. The predicted molar refractivity (Wildman–Crippen MR) is 126 cm³/mol. The minimum Gasteiger partial charge on any atom is -0.365 e. The Morgan fingerprint density at radius 2 is 1.58 bits per heavy atom. The number of nitrogens with zero attached hydrogens (tertiary/aromatic N) is 3. The summed E-state index contributed by atoms with van der Waals surface area (Å²) in [4.78, 5) is 7.43. The maximum Gasteiger partial charge on any atom is 0.166 e. The number of benzene rings is 1. The molecule has 1 unspecified atom stereocenters. The van der Waals surface area contributed by atoms with Crippen molar-refractivity contribution in [2.75, 3.05) is 46.8 Å². The Labute approximate surface area is 188 Å². The molecular weight excluding hydrogens is 384 g/mol. The number of aliphatic hydroxyl groups excluding tert-OH is 1. The maximum absolute atomic E-state index is 11.5. The molecule has 2 saturated heterocycles. The summed E-state index contributed by atoms with van der Waals surface area (Å²) in [7, 11) is 4.50. The van der Waals surface area contributed by atoms with Gasteiger partial charge in [0.05, 0.1) is 0 Å². The van der Waals surface area contributed by atoms with Crippen molar-refractivity contribution in [2.24, 2.45) is 11.8 Å². The third kappa shape index (κ3) is 4.20. The Morgan fingerprint density at radius 3 is 2.19 bits per heavy atom. The zero-order valence-electron chi connectivity index (χ0n) is 19.6. The van der Waals surface area contributed by atoms with Crippen molar-refractivity contribution >= 4 is 0 Å². The van der Waals surface area contributed by atoms with E-state index >= 15 is 0 Å². The van der Waals surface area contributed by atoms with E-state index in [4.69, 9.17) is 0 Å². The van der Waals surface area contributed by atoms with Crippen LogP contribution in [0.1, 0.15) is 56.9 Å². The first-order chi connectivity index (χ1) is 15.0. The van der Waals surface area contributed by atoms with Gasteiger partial charge in [0.15, 0.2) is 6.35 Å². The molecule has 5 heteroatoms. The van der Waals surface area contributed by atoms with Crippen LogP contribution in [0.25, 0.3) is 0 Å². The van der Waals surface area contributed by atoms with Crippen LogP contribution in [0, 0.1) is 11.8 Å². The highest BCUT2D eigenvalue weighted by atomic mass is 16.3. The highest BCUT2D eigenvalue weighted by Crippen LogP contribution is 2.50. The van der Waals surface area contributed by atoms with Crippen LogP contribution in [0.2, 0.25) is 0 Å². The fraction of sp³-hybridized carbons (Fsp3) is 0.769. The minimum absolute atomic E-state index is 0.116. The zero-order valence-corrected chi connectivity index (χ0v) is 19.6. The molecule has 1 spiro atoms. The molecule has 1 aromatic carbocycles. The van der Waals surface area contributed by atoms with Gasteiger partial charge >= 0.3 is 0 Å². The van der Waals surface area contributed by atoms with E-state index in [9.17, 15) is 5.11 Å². The molecule has 4 aliphatic rings. The van der Waals surface area contributed by atoms with E-state index in [2.05, 4.69) is 64.4 Å². The lowest BCUT2D eigenvalue weighted by Crippen LogP contribution is -2.56. The summed E-state index contributed by atoms with van der Waals surface area (Å²) in [5, 5.41) is 14.9. The average molecular weight is 427 g/mol. The molecule has 2 saturated carbocycles. The van der Waals surface area contributed by atoms with Gasteiger partial charge in [0, 0.05) is 30.7 Å². The second-order valence-electron chi connectivity index (χ2n) is 11.1. The molecule has 5 nitrogen and oxygen atoms in total. The summed E-state index contributed by atoms with van der Waals surface area (Å²) in [6.45, 7) is 5.46. The normalized spacial score (nSPS) is 35.9. The monoisotopic (exact) mass is 426 g/mol. The largest absolute Gasteiger partial charge is 0.365 e. The highest BCUT2D eigenvalue weighted by molar-refractivity contribution is 5.26. The number of aliphatic hydroxyl groups is 1. The molecule has 2 N–H and O–H groups in total. The molecule has 2 aliphatic carbocycles. The van der Waals surface area contributed by atoms with Crippen LogP contribution < -0.4 is 5.32 Å². The minimum atomic E-state index is -0.390. The smallest absolute Gasteiger partial charge is 0.166 e. The summed E-state index contributed by atoms with van der Waals surface area (Å²) < 4.78 is 0. The summed E-state index contributed by atoms with van der Waals surface area (Å²) >= 11 is 0. The Kier molecular flexibility index (Phi) is 6.17. The molecular formula is C26H42N4O. The number of rotatable bonds is 6. The van der Waals surface area contributed by atoms with Gasteiger partial charge in [-0.2, -0.15) is 0 Å². The van der Waals surface area contributed by atoms with E-state index in [0.717, 1.165) is 44.6 Å². The predicted octanol–water partition coefficient (Wildman–Crippen LogP) is 3.06. The van der Waals surface area contributed by atoms with Gasteiger partial charge in [0.25, 0.3) is 0 Å². The van der Waals surface area contributed by atoms with Gasteiger partial charge in [0.2, 0.25) is 0 Å². The number of piperidine rings is 1. The van der Waals surface area contributed by atoms with Crippen LogP contribution in [0.5, 0.6) is 0 Å². The molecule has 31 heavy (non-hydrogen) atoms. The molecule has 0 amide bonds. The quantitative estimate of drug-likeness (QED) is 0.732. The summed E-state index contributed by atoms with van der Waals surface area (Å²) in [5.41, 5.74) is 1.71. The van der Waals surface area contributed by atoms with Crippen molar-refractivity contribution in [1.29, 1.82) is 0 Å². The summed E-state index contributed by atoms with van der Waals surface area (Å²) in [6, 6.07) is 11.1. The van der Waals surface area contributed by atoms with Gasteiger partial charge < -0.3 is 10.4 Å². The molecule has 2 heterocycles. The van der Waals surface area contributed by atoms with Crippen LogP contribution in [-0.2, 0) is 5.54 Å². The standard InChI is InChI=1S/C26H42N4O/c1-28(2)26(23-6-4-3-5-7-23)14-12-25(13-15-26)20-29(18-22-10-16-27-17-11-22)24(31)30(25)19-21-8-9-21/h3-7,21-22,24,27,31H,8-20H2,1-2H3. The lowest BCUT2D eigenvalue weighted by molar-refractivity contribution is -0.0967. The summed E-state index contributed by atoms with van der Waals surface area (Å²) in [5.74, 6) is 1.53. The Hall–Kier alpha value is -0.980. The van der Waals surface area contributed by atoms with Crippen LogP contribution >= 0.6 is 0 Å². The van der Waals surface area contributed by atoms with E-state index in [0.29, 0.717) is 0 Å². The van der Waals surface area contributed by atoms with E-state index < -0.39 is 0 Å². The lowest BCUT2D eigenvalue weighted by atomic mass is 9.68. The van der Waals surface area contributed by atoms with Crippen LogP contribution in [0.15, 0.2) is 30.3 Å². The first kappa shape index (κ1) is 21.8.